The van der Waals surface area contributed by atoms with E-state index >= 15 is 0 Å². The summed E-state index contributed by atoms with van der Waals surface area (Å²) in [6, 6.07) is 49.7. The van der Waals surface area contributed by atoms with E-state index in [-0.39, 0.29) is 0 Å². The van der Waals surface area contributed by atoms with Crippen molar-refractivity contribution in [2.75, 3.05) is 0 Å². The van der Waals surface area contributed by atoms with E-state index in [0.717, 1.165) is 28.9 Å². The Morgan fingerprint density at radius 1 is 0.556 bits per heavy atom. The smallest absolute Gasteiger partial charge is 0.130 e. The summed E-state index contributed by atoms with van der Waals surface area (Å²) in [5.74, 6) is 1.42. The van der Waals surface area contributed by atoms with Crippen LogP contribution < -0.4 is 4.74 Å². The molecule has 0 bridgehead atoms. The van der Waals surface area contributed by atoms with E-state index in [9.17, 15) is 0 Å². The maximum Gasteiger partial charge on any atom is 0.130 e. The van der Waals surface area contributed by atoms with Crippen molar-refractivity contribution in [1.82, 2.24) is 0 Å². The van der Waals surface area contributed by atoms with Gasteiger partial charge in [-0.25, -0.2) is 0 Å². The Kier molecular flexibility index (Phi) is 7.59. The second-order valence-corrected chi connectivity index (χ2v) is 11.4. The molecule has 7 aromatic carbocycles. The van der Waals surface area contributed by atoms with Gasteiger partial charge < -0.3 is 4.74 Å². The van der Waals surface area contributed by atoms with Crippen LogP contribution in [0.25, 0.3) is 60.1 Å². The van der Waals surface area contributed by atoms with Crippen molar-refractivity contribution in [1.29, 1.82) is 0 Å². The minimum Gasteiger partial charge on any atom is -0.458 e. The molecule has 0 heterocycles. The van der Waals surface area contributed by atoms with E-state index in [2.05, 4.69) is 141 Å². The molecule has 0 radical (unpaired) electrons. The number of allylic oxidation sites excluding steroid dienone is 3. The van der Waals surface area contributed by atoms with Gasteiger partial charge in [-0.15, -0.1) is 0 Å². The molecule has 0 aliphatic rings. The van der Waals surface area contributed by atoms with Gasteiger partial charge in [0.2, 0.25) is 0 Å². The van der Waals surface area contributed by atoms with E-state index in [1.165, 1.54) is 54.6 Å². The average molecular weight is 579 g/mol. The second-order valence-electron chi connectivity index (χ2n) is 11.4. The monoisotopic (exact) mass is 578 g/mol. The lowest BCUT2D eigenvalue weighted by molar-refractivity contribution is 0.442. The zero-order valence-electron chi connectivity index (χ0n) is 25.5. The van der Waals surface area contributed by atoms with Crippen molar-refractivity contribution in [2.45, 2.75) is 13.3 Å². The van der Waals surface area contributed by atoms with E-state index in [1.54, 1.807) is 0 Å². The van der Waals surface area contributed by atoms with Gasteiger partial charge in [-0.1, -0.05) is 154 Å². The average Bonchev–Trinajstić information content (AvgIpc) is 3.09. The fourth-order valence-electron chi connectivity index (χ4n) is 6.31. The van der Waals surface area contributed by atoms with E-state index < -0.39 is 0 Å². The highest BCUT2D eigenvalue weighted by Gasteiger charge is 2.16. The number of fused-ring (bicyclic) bond motifs is 3. The summed E-state index contributed by atoms with van der Waals surface area (Å²) in [5, 5.41) is 7.49. The molecular weight excluding hydrogens is 544 g/mol. The number of ether oxygens (including phenoxy) is 1. The highest BCUT2D eigenvalue weighted by molar-refractivity contribution is 6.21. The molecule has 0 aliphatic carbocycles. The quantitative estimate of drug-likeness (QED) is 0.0990. The SMILES string of the molecule is C=C(/C=C\C(=C)c1ccc(-c2c3ccccc3c(-c3ccc4ccccc4c3)c3ccccc23)cc1)Oc1ccccc1CC. The maximum absolute atomic E-state index is 6.02. The first kappa shape index (κ1) is 28.1. The molecule has 0 spiro atoms. The molecule has 0 atom stereocenters. The van der Waals surface area contributed by atoms with Crippen LogP contribution in [-0.2, 0) is 6.42 Å². The van der Waals surface area contributed by atoms with E-state index in [4.69, 9.17) is 4.74 Å². The van der Waals surface area contributed by atoms with Crippen LogP contribution in [0.2, 0.25) is 0 Å². The lowest BCUT2D eigenvalue weighted by Gasteiger charge is -2.18. The molecule has 0 saturated carbocycles. The first-order chi connectivity index (χ1) is 22.1. The molecule has 0 unspecified atom stereocenters. The number of rotatable bonds is 8. The van der Waals surface area contributed by atoms with Crippen molar-refractivity contribution in [2.24, 2.45) is 0 Å². The Hall–Kier alpha value is -5.66. The topological polar surface area (TPSA) is 9.23 Å². The highest BCUT2D eigenvalue weighted by Crippen LogP contribution is 2.44. The Labute approximate surface area is 265 Å². The first-order valence-corrected chi connectivity index (χ1v) is 15.5. The molecule has 1 nitrogen and oxygen atoms in total. The molecule has 0 aromatic heterocycles. The van der Waals surface area contributed by atoms with Gasteiger partial charge in [0, 0.05) is 0 Å². The van der Waals surface area contributed by atoms with Crippen LogP contribution in [0.5, 0.6) is 5.75 Å². The lowest BCUT2D eigenvalue weighted by atomic mass is 9.85. The van der Waals surface area contributed by atoms with Gasteiger partial charge in [0.1, 0.15) is 11.5 Å². The number of hydrogen-bond donors (Lipinski definition) is 0. The van der Waals surface area contributed by atoms with Crippen molar-refractivity contribution < 1.29 is 4.74 Å². The van der Waals surface area contributed by atoms with Crippen LogP contribution in [0.15, 0.2) is 171 Å². The predicted octanol–water partition coefficient (Wildman–Crippen LogP) is 12.2. The van der Waals surface area contributed by atoms with Crippen LogP contribution in [0, 0.1) is 0 Å². The molecule has 7 aromatic rings. The van der Waals surface area contributed by atoms with Crippen LogP contribution >= 0.6 is 0 Å². The Bertz CT molecular complexity index is 2190. The van der Waals surface area contributed by atoms with Gasteiger partial charge in [0.15, 0.2) is 0 Å². The number of hydrogen-bond acceptors (Lipinski definition) is 1. The minimum atomic E-state index is 0.582. The maximum atomic E-state index is 6.02. The highest BCUT2D eigenvalue weighted by atomic mass is 16.5. The van der Waals surface area contributed by atoms with Gasteiger partial charge >= 0.3 is 0 Å². The van der Waals surface area contributed by atoms with Gasteiger partial charge in [-0.05, 0) is 95.9 Å². The normalized spacial score (nSPS) is 11.4. The summed E-state index contributed by atoms with van der Waals surface area (Å²) in [5.41, 5.74) is 8.04. The summed E-state index contributed by atoms with van der Waals surface area (Å²) in [4.78, 5) is 0. The Balaban J connectivity index is 1.25. The Morgan fingerprint density at radius 3 is 1.73 bits per heavy atom. The molecular formula is C44H34O. The summed E-state index contributed by atoms with van der Waals surface area (Å²) < 4.78 is 6.02. The molecule has 1 heteroatoms. The summed E-state index contributed by atoms with van der Waals surface area (Å²) in [6.07, 6.45) is 4.76. The third-order valence-corrected chi connectivity index (χ3v) is 8.58. The van der Waals surface area contributed by atoms with Crippen LogP contribution in [-0.4, -0.2) is 0 Å². The standard InChI is InChI=1S/C44H34O/c1-4-32-13-7-12-20-42(32)45-31(3)22-21-30(2)33-23-26-35(27-24-33)43-38-16-8-10-18-40(38)44(41-19-11-9-17-39(41)43)37-28-25-34-14-5-6-15-36(34)29-37/h5-29H,2-4H2,1H3/b22-21-. The third kappa shape index (κ3) is 5.46. The summed E-state index contributed by atoms with van der Waals surface area (Å²) >= 11 is 0. The van der Waals surface area contributed by atoms with Crippen LogP contribution in [0.4, 0.5) is 0 Å². The molecule has 0 aliphatic heterocycles. The second kappa shape index (κ2) is 12.1. The molecule has 45 heavy (non-hydrogen) atoms. The van der Waals surface area contributed by atoms with Gasteiger partial charge in [-0.2, -0.15) is 0 Å². The van der Waals surface area contributed by atoms with Gasteiger partial charge in [-0.3, -0.25) is 0 Å². The number of aryl methyl sites for hydroxylation is 1. The third-order valence-electron chi connectivity index (χ3n) is 8.58. The first-order valence-electron chi connectivity index (χ1n) is 15.5. The molecule has 7 rings (SSSR count). The minimum absolute atomic E-state index is 0.582. The Morgan fingerprint density at radius 2 is 1.09 bits per heavy atom. The molecule has 0 N–H and O–H groups in total. The molecule has 0 amide bonds. The van der Waals surface area contributed by atoms with Gasteiger partial charge in [0.05, 0.1) is 0 Å². The van der Waals surface area contributed by atoms with E-state index in [0.29, 0.717) is 5.76 Å². The fraction of sp³-hybridized carbons (Fsp3) is 0.0455. The number of para-hydroxylation sites is 1. The van der Waals surface area contributed by atoms with Crippen LogP contribution in [0.1, 0.15) is 18.1 Å². The van der Waals surface area contributed by atoms with Gasteiger partial charge in [0.25, 0.3) is 0 Å². The summed E-state index contributed by atoms with van der Waals surface area (Å²) in [6.45, 7) is 10.5. The number of benzene rings is 7. The largest absolute Gasteiger partial charge is 0.458 e. The molecule has 0 saturated heterocycles. The van der Waals surface area contributed by atoms with Crippen molar-refractivity contribution in [3.8, 4) is 28.0 Å². The van der Waals surface area contributed by atoms with Crippen molar-refractivity contribution in [3.05, 3.63) is 182 Å². The van der Waals surface area contributed by atoms with Crippen molar-refractivity contribution in [3.63, 3.8) is 0 Å². The molecule has 216 valence electrons. The zero-order valence-corrected chi connectivity index (χ0v) is 25.5. The van der Waals surface area contributed by atoms with Crippen LogP contribution in [0.3, 0.4) is 0 Å². The fourth-order valence-corrected chi connectivity index (χ4v) is 6.31. The van der Waals surface area contributed by atoms with E-state index in [1.807, 2.05) is 30.4 Å². The summed E-state index contributed by atoms with van der Waals surface area (Å²) in [7, 11) is 0. The van der Waals surface area contributed by atoms with Crippen molar-refractivity contribution >= 4 is 37.9 Å². The predicted molar refractivity (Wildman–Crippen MR) is 194 cm³/mol. The lowest BCUT2D eigenvalue weighted by Crippen LogP contribution is -1.94. The molecule has 0 fully saturated rings. The zero-order chi connectivity index (χ0) is 30.8.